The predicted octanol–water partition coefficient (Wildman–Crippen LogP) is 3.44. The summed E-state index contributed by atoms with van der Waals surface area (Å²) >= 11 is 0. The summed E-state index contributed by atoms with van der Waals surface area (Å²) in [6.07, 6.45) is 2.26. The van der Waals surface area contributed by atoms with Crippen LogP contribution in [-0.2, 0) is 0 Å². The Kier molecular flexibility index (Phi) is 5.45. The number of nitrogens with zero attached hydrogens (tertiary/aromatic N) is 1. The molecular formula is C17H27FN2O. The standard InChI is InChI=1S/C17H27FN2O/c1-5-6-13-11-20(17(10-19-13)12(2)3)16-9-14(21-4)7-8-15(16)18/h7-9,12-13,17,19H,5-6,10-11H2,1-4H3. The van der Waals surface area contributed by atoms with Gasteiger partial charge >= 0.3 is 0 Å². The Hall–Kier alpha value is -1.29. The molecule has 2 unspecified atom stereocenters. The lowest BCUT2D eigenvalue weighted by atomic mass is 9.96. The Morgan fingerprint density at radius 2 is 2.19 bits per heavy atom. The van der Waals surface area contributed by atoms with Gasteiger partial charge in [-0.25, -0.2) is 4.39 Å². The van der Waals surface area contributed by atoms with Gasteiger partial charge in [-0.2, -0.15) is 0 Å². The van der Waals surface area contributed by atoms with Gasteiger partial charge in [0.1, 0.15) is 11.6 Å². The van der Waals surface area contributed by atoms with Crippen molar-refractivity contribution in [2.24, 2.45) is 5.92 Å². The van der Waals surface area contributed by atoms with Crippen molar-refractivity contribution in [2.75, 3.05) is 25.1 Å². The second-order valence-corrected chi connectivity index (χ2v) is 6.17. The number of methoxy groups -OCH3 is 1. The molecule has 4 heteroatoms. The van der Waals surface area contributed by atoms with Gasteiger partial charge < -0.3 is 15.0 Å². The monoisotopic (exact) mass is 294 g/mol. The van der Waals surface area contributed by atoms with Crippen LogP contribution in [-0.4, -0.2) is 32.3 Å². The molecule has 0 aliphatic carbocycles. The number of nitrogens with one attached hydrogen (secondary N) is 1. The minimum Gasteiger partial charge on any atom is -0.497 e. The van der Waals surface area contributed by atoms with Gasteiger partial charge in [-0.3, -0.25) is 0 Å². The van der Waals surface area contributed by atoms with Gasteiger partial charge in [0.05, 0.1) is 12.8 Å². The smallest absolute Gasteiger partial charge is 0.146 e. The SMILES string of the molecule is CCCC1CN(c2cc(OC)ccc2F)C(C(C)C)CN1. The fourth-order valence-electron chi connectivity index (χ4n) is 3.09. The molecule has 1 fully saturated rings. The summed E-state index contributed by atoms with van der Waals surface area (Å²) in [5.74, 6) is 1.00. The quantitative estimate of drug-likeness (QED) is 0.900. The number of rotatable bonds is 5. The molecule has 1 N–H and O–H groups in total. The van der Waals surface area contributed by atoms with Gasteiger partial charge in [0.25, 0.3) is 0 Å². The van der Waals surface area contributed by atoms with E-state index in [1.54, 1.807) is 13.2 Å². The molecule has 1 aliphatic rings. The molecule has 3 nitrogen and oxygen atoms in total. The van der Waals surface area contributed by atoms with Gasteiger partial charge in [0.15, 0.2) is 0 Å². The van der Waals surface area contributed by atoms with Gasteiger partial charge in [-0.05, 0) is 24.5 Å². The van der Waals surface area contributed by atoms with Gasteiger partial charge in [-0.1, -0.05) is 27.2 Å². The summed E-state index contributed by atoms with van der Waals surface area (Å²) in [5, 5.41) is 3.60. The Labute approximate surface area is 127 Å². The number of hydrogen-bond acceptors (Lipinski definition) is 3. The van der Waals surface area contributed by atoms with E-state index in [9.17, 15) is 4.39 Å². The van der Waals surface area contributed by atoms with Crippen LogP contribution >= 0.6 is 0 Å². The third-order valence-electron chi connectivity index (χ3n) is 4.30. The first-order valence-corrected chi connectivity index (χ1v) is 7.90. The minimum absolute atomic E-state index is 0.168. The highest BCUT2D eigenvalue weighted by Crippen LogP contribution is 2.30. The van der Waals surface area contributed by atoms with Crippen molar-refractivity contribution in [3.8, 4) is 5.75 Å². The van der Waals surface area contributed by atoms with E-state index < -0.39 is 0 Å². The summed E-state index contributed by atoms with van der Waals surface area (Å²) in [7, 11) is 1.62. The highest BCUT2D eigenvalue weighted by Gasteiger charge is 2.31. The Morgan fingerprint density at radius 3 is 2.81 bits per heavy atom. The average Bonchev–Trinajstić information content (AvgIpc) is 2.48. The van der Waals surface area contributed by atoms with E-state index in [0.29, 0.717) is 29.4 Å². The van der Waals surface area contributed by atoms with Crippen molar-refractivity contribution in [3.05, 3.63) is 24.0 Å². The molecule has 118 valence electrons. The molecule has 1 saturated heterocycles. The van der Waals surface area contributed by atoms with Crippen LogP contribution in [0.25, 0.3) is 0 Å². The molecule has 2 atom stereocenters. The summed E-state index contributed by atoms with van der Waals surface area (Å²) in [4.78, 5) is 2.22. The van der Waals surface area contributed by atoms with Crippen LogP contribution in [0.15, 0.2) is 18.2 Å². The number of halogens is 1. The van der Waals surface area contributed by atoms with Crippen LogP contribution < -0.4 is 15.0 Å². The van der Waals surface area contributed by atoms with Crippen LogP contribution in [0, 0.1) is 11.7 Å². The average molecular weight is 294 g/mol. The largest absolute Gasteiger partial charge is 0.497 e. The van der Waals surface area contributed by atoms with Crippen molar-refractivity contribution >= 4 is 5.69 Å². The fraction of sp³-hybridized carbons (Fsp3) is 0.647. The topological polar surface area (TPSA) is 24.5 Å². The maximum atomic E-state index is 14.3. The zero-order chi connectivity index (χ0) is 15.4. The summed E-state index contributed by atoms with van der Waals surface area (Å²) < 4.78 is 19.6. The summed E-state index contributed by atoms with van der Waals surface area (Å²) in [5.41, 5.74) is 0.663. The maximum absolute atomic E-state index is 14.3. The van der Waals surface area contributed by atoms with E-state index in [-0.39, 0.29) is 5.82 Å². The van der Waals surface area contributed by atoms with E-state index in [4.69, 9.17) is 4.74 Å². The molecule has 0 radical (unpaired) electrons. The van der Waals surface area contributed by atoms with Crippen LogP contribution in [0.2, 0.25) is 0 Å². The lowest BCUT2D eigenvalue weighted by Gasteiger charge is -2.44. The van der Waals surface area contributed by atoms with E-state index in [1.165, 1.54) is 6.07 Å². The molecule has 1 aliphatic heterocycles. The number of ether oxygens (including phenoxy) is 1. The molecule has 0 saturated carbocycles. The lowest BCUT2D eigenvalue weighted by molar-refractivity contribution is 0.324. The van der Waals surface area contributed by atoms with Crippen LogP contribution in [0.1, 0.15) is 33.6 Å². The van der Waals surface area contributed by atoms with Crippen molar-refractivity contribution in [1.29, 1.82) is 0 Å². The van der Waals surface area contributed by atoms with Gasteiger partial charge in [0.2, 0.25) is 0 Å². The first kappa shape index (κ1) is 16.1. The molecule has 0 amide bonds. The normalized spacial score (nSPS) is 22.7. The first-order valence-electron chi connectivity index (χ1n) is 7.90. The Balaban J connectivity index is 2.30. The van der Waals surface area contributed by atoms with Crippen molar-refractivity contribution in [3.63, 3.8) is 0 Å². The Morgan fingerprint density at radius 1 is 1.43 bits per heavy atom. The third kappa shape index (κ3) is 3.67. The first-order chi connectivity index (χ1) is 10.1. The molecular weight excluding hydrogens is 267 g/mol. The summed E-state index contributed by atoms with van der Waals surface area (Å²) in [6.45, 7) is 8.32. The highest BCUT2D eigenvalue weighted by molar-refractivity contribution is 5.53. The van der Waals surface area contributed by atoms with Crippen LogP contribution in [0.4, 0.5) is 10.1 Å². The molecule has 1 aromatic carbocycles. The van der Waals surface area contributed by atoms with Crippen molar-refractivity contribution in [1.82, 2.24) is 5.32 Å². The van der Waals surface area contributed by atoms with E-state index in [1.807, 2.05) is 6.07 Å². The minimum atomic E-state index is -0.168. The molecule has 0 bridgehead atoms. The Bertz CT molecular complexity index is 464. The number of piperazine rings is 1. The number of hydrogen-bond donors (Lipinski definition) is 1. The summed E-state index contributed by atoms with van der Waals surface area (Å²) in [6, 6.07) is 5.73. The second-order valence-electron chi connectivity index (χ2n) is 6.17. The number of anilines is 1. The molecule has 2 rings (SSSR count). The maximum Gasteiger partial charge on any atom is 0.146 e. The lowest BCUT2D eigenvalue weighted by Crippen LogP contribution is -2.58. The van der Waals surface area contributed by atoms with Crippen LogP contribution in [0.3, 0.4) is 0 Å². The van der Waals surface area contributed by atoms with Gasteiger partial charge in [-0.15, -0.1) is 0 Å². The van der Waals surface area contributed by atoms with Crippen molar-refractivity contribution < 1.29 is 9.13 Å². The molecule has 21 heavy (non-hydrogen) atoms. The molecule has 0 aromatic heterocycles. The van der Waals surface area contributed by atoms with Crippen LogP contribution in [0.5, 0.6) is 5.75 Å². The zero-order valence-corrected chi connectivity index (χ0v) is 13.5. The third-order valence-corrected chi connectivity index (χ3v) is 4.30. The van der Waals surface area contributed by atoms with E-state index >= 15 is 0 Å². The fourth-order valence-corrected chi connectivity index (χ4v) is 3.09. The second kappa shape index (κ2) is 7.12. The highest BCUT2D eigenvalue weighted by atomic mass is 19.1. The number of benzene rings is 1. The predicted molar refractivity (Wildman–Crippen MR) is 85.6 cm³/mol. The molecule has 1 heterocycles. The van der Waals surface area contributed by atoms with Crippen molar-refractivity contribution in [2.45, 2.75) is 45.7 Å². The molecule has 0 spiro atoms. The molecule has 1 aromatic rings. The van der Waals surface area contributed by atoms with E-state index in [0.717, 1.165) is 25.9 Å². The van der Waals surface area contributed by atoms with Gasteiger partial charge in [0, 0.05) is 31.2 Å². The van der Waals surface area contributed by atoms with E-state index in [2.05, 4.69) is 31.0 Å². The zero-order valence-electron chi connectivity index (χ0n) is 13.5.